The van der Waals surface area contributed by atoms with E-state index in [9.17, 15) is 0 Å². The summed E-state index contributed by atoms with van der Waals surface area (Å²) < 4.78 is 17.3. The lowest BCUT2D eigenvalue weighted by atomic mass is 10.2. The third-order valence-corrected chi connectivity index (χ3v) is 3.38. The zero-order chi connectivity index (χ0) is 15.3. The van der Waals surface area contributed by atoms with Gasteiger partial charge in [-0.1, -0.05) is 22.9 Å². The quantitative estimate of drug-likeness (QED) is 0.580. The minimum Gasteiger partial charge on any atom is -0.491 e. The number of methoxy groups -OCH3 is 1. The van der Waals surface area contributed by atoms with Crippen LogP contribution < -0.4 is 10.1 Å². The van der Waals surface area contributed by atoms with Crippen LogP contribution in [0.15, 0.2) is 22.7 Å². The van der Waals surface area contributed by atoms with Crippen molar-refractivity contribution in [2.75, 3.05) is 40.1 Å². The first-order chi connectivity index (χ1) is 10.3. The van der Waals surface area contributed by atoms with Gasteiger partial charge in [0.15, 0.2) is 0 Å². The third kappa shape index (κ3) is 8.41. The van der Waals surface area contributed by atoms with Gasteiger partial charge in [-0.15, -0.1) is 0 Å². The molecule has 0 bridgehead atoms. The van der Waals surface area contributed by atoms with Crippen LogP contribution >= 0.6 is 15.9 Å². The second kappa shape index (κ2) is 12.0. The Balaban J connectivity index is 2.32. The van der Waals surface area contributed by atoms with Gasteiger partial charge in [-0.05, 0) is 37.6 Å². The van der Waals surface area contributed by atoms with Crippen LogP contribution in [0.5, 0.6) is 5.75 Å². The van der Waals surface area contributed by atoms with E-state index in [0.717, 1.165) is 48.3 Å². The maximum absolute atomic E-state index is 5.81. The predicted octanol–water partition coefficient (Wildman–Crippen LogP) is 3.38. The predicted molar refractivity (Wildman–Crippen MR) is 88.9 cm³/mol. The number of hydrogen-bond donors (Lipinski definition) is 1. The van der Waals surface area contributed by atoms with Gasteiger partial charge in [-0.3, -0.25) is 0 Å². The number of nitrogens with one attached hydrogen (secondary N) is 1. The molecule has 0 heterocycles. The van der Waals surface area contributed by atoms with Crippen molar-refractivity contribution < 1.29 is 14.2 Å². The molecule has 1 N–H and O–H groups in total. The molecule has 0 spiro atoms. The Morgan fingerprint density at radius 2 is 2.00 bits per heavy atom. The Bertz CT molecular complexity index is 388. The number of hydrogen-bond acceptors (Lipinski definition) is 4. The summed E-state index contributed by atoms with van der Waals surface area (Å²) in [5.41, 5.74) is 1.16. The molecular formula is C16H26BrNO3. The van der Waals surface area contributed by atoms with Crippen LogP contribution in [0.1, 0.15) is 25.3 Å². The first-order valence-corrected chi connectivity index (χ1v) is 8.25. The highest BCUT2D eigenvalue weighted by Gasteiger charge is 2.04. The molecular weight excluding hydrogens is 334 g/mol. The minimum atomic E-state index is 0.565. The Labute approximate surface area is 136 Å². The zero-order valence-corrected chi connectivity index (χ0v) is 14.6. The smallest absolute Gasteiger partial charge is 0.123 e. The first kappa shape index (κ1) is 18.4. The SMILES string of the molecule is CCCNCc1cc(Br)ccc1OCCOCCCOC. The first-order valence-electron chi connectivity index (χ1n) is 7.46. The van der Waals surface area contributed by atoms with Gasteiger partial charge in [0.25, 0.3) is 0 Å². The van der Waals surface area contributed by atoms with E-state index in [-0.39, 0.29) is 0 Å². The maximum atomic E-state index is 5.81. The number of benzene rings is 1. The van der Waals surface area contributed by atoms with Crippen LogP contribution in [0.2, 0.25) is 0 Å². The molecule has 1 aromatic carbocycles. The van der Waals surface area contributed by atoms with Crippen LogP contribution in [-0.4, -0.2) is 40.1 Å². The van der Waals surface area contributed by atoms with E-state index in [2.05, 4.69) is 34.2 Å². The van der Waals surface area contributed by atoms with Gasteiger partial charge in [-0.2, -0.15) is 0 Å². The molecule has 0 unspecified atom stereocenters. The largest absolute Gasteiger partial charge is 0.491 e. The number of halogens is 1. The van der Waals surface area contributed by atoms with Crippen LogP contribution in [0.3, 0.4) is 0 Å². The van der Waals surface area contributed by atoms with Crippen molar-refractivity contribution in [2.24, 2.45) is 0 Å². The molecule has 0 aliphatic heterocycles. The van der Waals surface area contributed by atoms with Crippen molar-refractivity contribution >= 4 is 15.9 Å². The number of ether oxygens (including phenoxy) is 3. The van der Waals surface area contributed by atoms with E-state index >= 15 is 0 Å². The molecule has 0 aliphatic rings. The fourth-order valence-corrected chi connectivity index (χ4v) is 2.25. The van der Waals surface area contributed by atoms with Gasteiger partial charge in [0.1, 0.15) is 12.4 Å². The van der Waals surface area contributed by atoms with Gasteiger partial charge >= 0.3 is 0 Å². The summed E-state index contributed by atoms with van der Waals surface area (Å²) in [6, 6.07) is 6.09. The Kier molecular flexibility index (Phi) is 10.5. The molecule has 120 valence electrons. The van der Waals surface area contributed by atoms with Crippen molar-refractivity contribution in [1.29, 1.82) is 0 Å². The van der Waals surface area contributed by atoms with Gasteiger partial charge in [-0.25, -0.2) is 0 Å². The fourth-order valence-electron chi connectivity index (χ4n) is 1.84. The maximum Gasteiger partial charge on any atom is 0.123 e. The van der Waals surface area contributed by atoms with E-state index in [0.29, 0.717) is 19.8 Å². The van der Waals surface area contributed by atoms with E-state index in [1.165, 1.54) is 0 Å². The number of rotatable bonds is 12. The second-order valence-corrected chi connectivity index (χ2v) is 5.65. The summed E-state index contributed by atoms with van der Waals surface area (Å²) in [4.78, 5) is 0. The van der Waals surface area contributed by atoms with Gasteiger partial charge < -0.3 is 19.5 Å². The van der Waals surface area contributed by atoms with Gasteiger partial charge in [0.05, 0.1) is 6.61 Å². The van der Waals surface area contributed by atoms with Crippen molar-refractivity contribution in [3.05, 3.63) is 28.2 Å². The summed E-state index contributed by atoms with van der Waals surface area (Å²) >= 11 is 3.50. The summed E-state index contributed by atoms with van der Waals surface area (Å²) in [7, 11) is 1.70. The average molecular weight is 360 g/mol. The van der Waals surface area contributed by atoms with E-state index in [4.69, 9.17) is 14.2 Å². The van der Waals surface area contributed by atoms with Crippen molar-refractivity contribution in [2.45, 2.75) is 26.3 Å². The minimum absolute atomic E-state index is 0.565. The zero-order valence-electron chi connectivity index (χ0n) is 13.0. The lowest BCUT2D eigenvalue weighted by Gasteiger charge is -2.13. The molecule has 0 saturated heterocycles. The molecule has 4 nitrogen and oxygen atoms in total. The van der Waals surface area contributed by atoms with Crippen LogP contribution in [0, 0.1) is 0 Å². The van der Waals surface area contributed by atoms with Gasteiger partial charge in [0, 0.05) is 36.9 Å². The highest BCUT2D eigenvalue weighted by molar-refractivity contribution is 9.10. The average Bonchev–Trinajstić information content (AvgIpc) is 2.48. The molecule has 0 saturated carbocycles. The van der Waals surface area contributed by atoms with E-state index in [1.54, 1.807) is 7.11 Å². The van der Waals surface area contributed by atoms with Crippen molar-refractivity contribution in [3.63, 3.8) is 0 Å². The Hall–Kier alpha value is -0.620. The monoisotopic (exact) mass is 359 g/mol. The van der Waals surface area contributed by atoms with Crippen molar-refractivity contribution in [1.82, 2.24) is 5.32 Å². The third-order valence-electron chi connectivity index (χ3n) is 2.89. The van der Waals surface area contributed by atoms with Crippen molar-refractivity contribution in [3.8, 4) is 5.75 Å². The van der Waals surface area contributed by atoms with E-state index in [1.807, 2.05) is 12.1 Å². The normalized spacial score (nSPS) is 10.8. The lowest BCUT2D eigenvalue weighted by Crippen LogP contribution is -2.15. The fraction of sp³-hybridized carbons (Fsp3) is 0.625. The topological polar surface area (TPSA) is 39.7 Å². The Morgan fingerprint density at radius 1 is 1.14 bits per heavy atom. The second-order valence-electron chi connectivity index (χ2n) is 4.74. The lowest BCUT2D eigenvalue weighted by molar-refractivity contribution is 0.0804. The molecule has 0 aromatic heterocycles. The molecule has 5 heteroatoms. The summed E-state index contributed by atoms with van der Waals surface area (Å²) in [6.07, 6.45) is 2.04. The molecule has 21 heavy (non-hydrogen) atoms. The molecule has 0 fully saturated rings. The van der Waals surface area contributed by atoms with Crippen LogP contribution in [0.4, 0.5) is 0 Å². The summed E-state index contributed by atoms with van der Waals surface area (Å²) in [5, 5.41) is 3.40. The molecule has 1 aromatic rings. The molecule has 0 radical (unpaired) electrons. The van der Waals surface area contributed by atoms with Crippen LogP contribution in [0.25, 0.3) is 0 Å². The summed E-state index contributed by atoms with van der Waals surface area (Å²) in [5.74, 6) is 0.919. The molecule has 0 aliphatic carbocycles. The standard InChI is InChI=1S/C16H26BrNO3/c1-3-7-18-13-14-12-15(17)5-6-16(14)21-11-10-20-9-4-8-19-2/h5-6,12,18H,3-4,7-11,13H2,1-2H3. The summed E-state index contributed by atoms with van der Waals surface area (Å²) in [6.45, 7) is 6.60. The highest BCUT2D eigenvalue weighted by Crippen LogP contribution is 2.23. The molecule has 0 atom stereocenters. The highest BCUT2D eigenvalue weighted by atomic mass is 79.9. The van der Waals surface area contributed by atoms with E-state index < -0.39 is 0 Å². The van der Waals surface area contributed by atoms with Gasteiger partial charge in [0.2, 0.25) is 0 Å². The molecule has 0 amide bonds. The Morgan fingerprint density at radius 3 is 2.76 bits per heavy atom. The van der Waals surface area contributed by atoms with Crippen LogP contribution in [-0.2, 0) is 16.0 Å². The molecule has 1 rings (SSSR count).